The van der Waals surface area contributed by atoms with Crippen LogP contribution in [0.4, 0.5) is 0 Å². The Kier molecular flexibility index (Phi) is 11.5. The van der Waals surface area contributed by atoms with Gasteiger partial charge in [-0.25, -0.2) is 9.97 Å². The molecule has 0 fully saturated rings. The lowest BCUT2D eigenvalue weighted by atomic mass is 9.93. The number of hydrogen-bond donors (Lipinski definition) is 0. The van der Waals surface area contributed by atoms with Crippen LogP contribution in [0, 0.1) is 0 Å². The molecule has 6 aromatic heterocycles. The summed E-state index contributed by atoms with van der Waals surface area (Å²) in [5.41, 5.74) is 21.9. The summed E-state index contributed by atoms with van der Waals surface area (Å²) in [4.78, 5) is 28.0. The Balaban J connectivity index is 0.000000111. The molecule has 0 saturated heterocycles. The van der Waals surface area contributed by atoms with Crippen molar-refractivity contribution >= 4 is 93.3 Å². The summed E-state index contributed by atoms with van der Waals surface area (Å²) in [5.74, 6) is 3.06. The molecule has 0 spiro atoms. The van der Waals surface area contributed by atoms with Gasteiger partial charge in [-0.05, 0) is 82.1 Å². The van der Waals surface area contributed by atoms with Crippen molar-refractivity contribution in [1.29, 1.82) is 0 Å². The van der Waals surface area contributed by atoms with Gasteiger partial charge < -0.3 is 8.97 Å². The van der Waals surface area contributed by atoms with E-state index >= 15 is 0 Å². The predicted molar refractivity (Wildman–Crippen MR) is 363 cm³/mol. The molecule has 10 heteroatoms. The van der Waals surface area contributed by atoms with Crippen LogP contribution in [-0.2, 0) is 6.42 Å². The second-order valence-corrected chi connectivity index (χ2v) is 23.0. The normalized spacial score (nSPS) is 12.1. The smallest absolute Gasteiger partial charge is 0.238 e. The summed E-state index contributed by atoms with van der Waals surface area (Å²) in [6.07, 6.45) is 1.04. The van der Waals surface area contributed by atoms with E-state index in [2.05, 4.69) is 186 Å². The average Bonchev–Trinajstić information content (AvgIpc) is 1.59. The molecule has 2 aliphatic rings. The zero-order valence-electron chi connectivity index (χ0n) is 47.7. The topological polar surface area (TPSA) is 91.6 Å². The minimum absolute atomic E-state index is 0.202. The SMILES string of the molecule is Clc1nc(-c2ccccc2)nc(-c2ccccc2)n1.c1cc2c3c(c1)-c1cccc4c5ccccc5n(c14)-c1cccc(c1-3)C2.c1ccc(-c2nc(-c3ccccc3)nc(-n3c4cccc5c6cccc7c8ccccc8n(c8cccc3c8c54)c67)n2)cc1. The van der Waals surface area contributed by atoms with Crippen LogP contribution >= 0.6 is 11.6 Å². The van der Waals surface area contributed by atoms with Gasteiger partial charge in [0.25, 0.3) is 0 Å². The van der Waals surface area contributed by atoms with E-state index in [-0.39, 0.29) is 5.28 Å². The number of hydrogen-bond acceptors (Lipinski definition) is 6. The Morgan fingerprint density at radius 3 is 1.33 bits per heavy atom. The number of fused-ring (bicyclic) bond motifs is 10. The van der Waals surface area contributed by atoms with Gasteiger partial charge in [-0.3, -0.25) is 4.57 Å². The maximum atomic E-state index is 5.99. The van der Waals surface area contributed by atoms with E-state index < -0.39 is 0 Å². The quantitative estimate of drug-likeness (QED) is 0.170. The first-order chi connectivity index (χ1) is 44.1. The van der Waals surface area contributed by atoms with E-state index in [9.17, 15) is 0 Å². The third-order valence-corrected chi connectivity index (χ3v) is 17.9. The maximum Gasteiger partial charge on any atom is 0.238 e. The third-order valence-electron chi connectivity index (χ3n) is 17.7. The fourth-order valence-electron chi connectivity index (χ4n) is 14.0. The molecule has 20 rings (SSSR count). The summed E-state index contributed by atoms with van der Waals surface area (Å²) in [6.45, 7) is 0. The van der Waals surface area contributed by atoms with Crippen LogP contribution in [0.2, 0.25) is 5.28 Å². The Morgan fingerprint density at radius 2 is 0.697 bits per heavy atom. The summed E-state index contributed by atoms with van der Waals surface area (Å²) in [5, 5.41) is 10.2. The van der Waals surface area contributed by atoms with Crippen LogP contribution in [0.25, 0.3) is 161 Å². The molecule has 18 aromatic rings. The molecule has 0 saturated carbocycles. The largest absolute Gasteiger partial charge is 0.308 e. The van der Waals surface area contributed by atoms with Crippen molar-refractivity contribution in [1.82, 2.24) is 43.4 Å². The van der Waals surface area contributed by atoms with Gasteiger partial charge in [-0.1, -0.05) is 243 Å². The van der Waals surface area contributed by atoms with Crippen molar-refractivity contribution in [2.75, 3.05) is 0 Å². The van der Waals surface area contributed by atoms with Gasteiger partial charge in [0.05, 0.1) is 44.3 Å². The molecule has 0 atom stereocenters. The second-order valence-electron chi connectivity index (χ2n) is 22.6. The molecular formula is C79H48ClN9. The minimum Gasteiger partial charge on any atom is -0.308 e. The highest BCUT2D eigenvalue weighted by Gasteiger charge is 2.31. The van der Waals surface area contributed by atoms with E-state index in [1.54, 1.807) is 0 Å². The van der Waals surface area contributed by atoms with Crippen LogP contribution in [-0.4, -0.2) is 43.4 Å². The van der Waals surface area contributed by atoms with Crippen molar-refractivity contribution in [2.24, 2.45) is 0 Å². The number of para-hydroxylation sites is 4. The van der Waals surface area contributed by atoms with Crippen LogP contribution < -0.4 is 0 Å². The monoisotopic (exact) mass is 1160 g/mol. The molecular weight excluding hydrogens is 1110 g/mol. The number of benzene rings is 12. The molecule has 416 valence electrons. The van der Waals surface area contributed by atoms with Crippen LogP contribution in [0.5, 0.6) is 0 Å². The summed E-state index contributed by atoms with van der Waals surface area (Å²) in [6, 6.07) is 97.5. The van der Waals surface area contributed by atoms with E-state index in [1.807, 2.05) is 121 Å². The lowest BCUT2D eigenvalue weighted by molar-refractivity contribution is 0.953. The van der Waals surface area contributed by atoms with Crippen molar-refractivity contribution in [3.63, 3.8) is 0 Å². The molecule has 1 aliphatic carbocycles. The predicted octanol–water partition coefficient (Wildman–Crippen LogP) is 19.6. The second kappa shape index (κ2) is 20.2. The van der Waals surface area contributed by atoms with E-state index in [0.717, 1.165) is 45.2 Å². The fraction of sp³-hybridized carbons (Fsp3) is 0.0127. The van der Waals surface area contributed by atoms with Crippen LogP contribution in [0.1, 0.15) is 11.1 Å². The first-order valence-electron chi connectivity index (χ1n) is 29.9. The Morgan fingerprint density at radius 1 is 0.281 bits per heavy atom. The number of halogens is 1. The van der Waals surface area contributed by atoms with E-state index in [0.29, 0.717) is 29.2 Å². The number of rotatable bonds is 5. The van der Waals surface area contributed by atoms with Gasteiger partial charge in [0, 0.05) is 71.1 Å². The lowest BCUT2D eigenvalue weighted by Crippen LogP contribution is -2.06. The molecule has 12 aromatic carbocycles. The van der Waals surface area contributed by atoms with Crippen molar-refractivity contribution in [2.45, 2.75) is 6.42 Å². The summed E-state index contributed by atoms with van der Waals surface area (Å²) >= 11 is 5.99. The van der Waals surface area contributed by atoms with Gasteiger partial charge in [-0.15, -0.1) is 0 Å². The number of aromatic nitrogens is 9. The minimum atomic E-state index is 0.202. The van der Waals surface area contributed by atoms with Gasteiger partial charge in [-0.2, -0.15) is 19.9 Å². The highest BCUT2D eigenvalue weighted by molar-refractivity contribution is 6.31. The van der Waals surface area contributed by atoms with Gasteiger partial charge in [0.1, 0.15) is 0 Å². The van der Waals surface area contributed by atoms with E-state index in [4.69, 9.17) is 26.6 Å². The van der Waals surface area contributed by atoms with Gasteiger partial charge in [0.15, 0.2) is 23.3 Å². The molecule has 9 nitrogen and oxygen atoms in total. The molecule has 89 heavy (non-hydrogen) atoms. The van der Waals surface area contributed by atoms with E-state index in [1.165, 1.54) is 104 Å². The Labute approximate surface area is 515 Å². The van der Waals surface area contributed by atoms with Crippen LogP contribution in [0.3, 0.4) is 0 Å². The summed E-state index contributed by atoms with van der Waals surface area (Å²) in [7, 11) is 0. The molecule has 0 unspecified atom stereocenters. The highest BCUT2D eigenvalue weighted by Crippen LogP contribution is 2.52. The molecule has 0 N–H and O–H groups in total. The molecule has 0 bridgehead atoms. The highest BCUT2D eigenvalue weighted by atomic mass is 35.5. The molecule has 7 heterocycles. The van der Waals surface area contributed by atoms with Gasteiger partial charge in [0.2, 0.25) is 11.2 Å². The summed E-state index contributed by atoms with van der Waals surface area (Å²) < 4.78 is 7.16. The Bertz CT molecular complexity index is 5720. The molecule has 0 amide bonds. The van der Waals surface area contributed by atoms with Crippen molar-refractivity contribution in [3.8, 4) is 79.4 Å². The van der Waals surface area contributed by atoms with Gasteiger partial charge >= 0.3 is 0 Å². The average molecular weight is 1160 g/mol. The fourth-order valence-corrected chi connectivity index (χ4v) is 14.2. The Hall–Kier alpha value is -11.7. The zero-order valence-corrected chi connectivity index (χ0v) is 48.4. The third kappa shape index (κ3) is 7.95. The first-order valence-corrected chi connectivity index (χ1v) is 30.2. The van der Waals surface area contributed by atoms with Crippen molar-refractivity contribution in [3.05, 3.63) is 295 Å². The first kappa shape index (κ1) is 50.7. The standard InChI is InChI=1S/C39H23N5.C25H15N.C15H10ClN3/c1-3-12-24(13-4-1)37-40-38(25-14-5-2-6-15-25)42-39(41-37)44-31-21-10-17-27-29-19-9-18-28-26-16-7-8-20-30(26)43(36(28)29)32-22-11-23-33(44)35(32)34(27)31;1-2-12-21-17(8-1)19-10-5-11-20-18-9-3-6-15-14-16-7-4-13-22(24(16)23(15)18)26(21)25(19)20;16-15-18-13(11-7-3-1-4-8-11)17-14(19-15)12-9-5-2-6-10-12/h1-23H;1-13H,14H2;1-10H. The van der Waals surface area contributed by atoms with Crippen LogP contribution in [0.15, 0.2) is 279 Å². The molecule has 0 radical (unpaired) electrons. The molecule has 1 aliphatic heterocycles. The maximum absolute atomic E-state index is 5.99. The lowest BCUT2D eigenvalue weighted by Gasteiger charge is -2.12. The number of nitrogens with zero attached hydrogens (tertiary/aromatic N) is 9. The van der Waals surface area contributed by atoms with Crippen molar-refractivity contribution < 1.29 is 0 Å². The zero-order chi connectivity index (χ0) is 58.7.